The first-order chi connectivity index (χ1) is 8.36. The molecule has 18 heavy (non-hydrogen) atoms. The fourth-order valence-corrected chi connectivity index (χ4v) is 3.02. The van der Waals surface area contributed by atoms with Gasteiger partial charge in [0.25, 0.3) is 0 Å². The van der Waals surface area contributed by atoms with Crippen molar-refractivity contribution in [2.24, 2.45) is 5.10 Å². The fraction of sp³-hybridized carbons (Fsp3) is 0.429. The molecule has 0 N–H and O–H groups in total. The van der Waals surface area contributed by atoms with E-state index in [4.69, 9.17) is 0 Å². The van der Waals surface area contributed by atoms with Crippen LogP contribution in [0, 0.1) is 0 Å². The molecule has 0 bridgehead atoms. The third kappa shape index (κ3) is 3.80. The van der Waals surface area contributed by atoms with Crippen molar-refractivity contribution in [2.45, 2.75) is 39.9 Å². The van der Waals surface area contributed by atoms with Crippen LogP contribution in [0.3, 0.4) is 0 Å². The molecule has 0 aliphatic heterocycles. The number of hydrazone groups is 1. The summed E-state index contributed by atoms with van der Waals surface area (Å²) in [6.07, 6.45) is 0.670. The summed E-state index contributed by atoms with van der Waals surface area (Å²) in [7, 11) is -1.66. The van der Waals surface area contributed by atoms with Crippen LogP contribution >= 0.6 is 0 Å². The lowest BCUT2D eigenvalue weighted by molar-refractivity contribution is -0.111. The smallest absolute Gasteiger partial charge is 0.176 e. The van der Waals surface area contributed by atoms with Crippen molar-refractivity contribution in [1.29, 1.82) is 0 Å². The molecule has 0 saturated carbocycles. The predicted molar refractivity (Wildman–Crippen MR) is 80.7 cm³/mol. The van der Waals surface area contributed by atoms with Gasteiger partial charge in [0.2, 0.25) is 0 Å². The standard InChI is InChI=1S/C14H22N2OSi/c1-6-14(12(2)17)15-16(18(3,4)5)13-10-8-7-9-11-13/h7-11H,6H2,1-5H3. The van der Waals surface area contributed by atoms with E-state index in [1.807, 2.05) is 41.9 Å². The van der Waals surface area contributed by atoms with E-state index in [1.54, 1.807) is 6.92 Å². The summed E-state index contributed by atoms with van der Waals surface area (Å²) >= 11 is 0. The molecule has 1 rings (SSSR count). The number of ketones is 1. The largest absolute Gasteiger partial charge is 0.295 e. The van der Waals surface area contributed by atoms with E-state index in [1.165, 1.54) is 0 Å². The molecule has 0 heterocycles. The number of para-hydroxylation sites is 1. The Kier molecular flexibility index (Phi) is 4.84. The molecule has 0 aromatic heterocycles. The van der Waals surface area contributed by atoms with Crippen molar-refractivity contribution in [3.8, 4) is 0 Å². The Morgan fingerprint density at radius 3 is 2.17 bits per heavy atom. The highest BCUT2D eigenvalue weighted by Gasteiger charge is 2.25. The fourth-order valence-electron chi connectivity index (χ4n) is 1.68. The molecule has 0 aliphatic carbocycles. The minimum atomic E-state index is -1.66. The number of carbonyl (C=O) groups is 1. The maximum absolute atomic E-state index is 11.5. The van der Waals surface area contributed by atoms with Crippen LogP contribution in [0.5, 0.6) is 0 Å². The number of hydrogen-bond donors (Lipinski definition) is 0. The molecular weight excluding hydrogens is 240 g/mol. The molecule has 0 aliphatic rings. The maximum atomic E-state index is 11.5. The van der Waals surface area contributed by atoms with Gasteiger partial charge in [0.1, 0.15) is 5.71 Å². The second kappa shape index (κ2) is 5.95. The summed E-state index contributed by atoms with van der Waals surface area (Å²) in [5.74, 6) is 0.0525. The molecule has 0 unspecified atom stereocenters. The lowest BCUT2D eigenvalue weighted by Gasteiger charge is -2.32. The van der Waals surface area contributed by atoms with E-state index >= 15 is 0 Å². The minimum absolute atomic E-state index is 0.0525. The molecule has 0 amide bonds. The third-order valence-electron chi connectivity index (χ3n) is 2.60. The SMILES string of the molecule is CCC(=NN(c1ccccc1)[Si](C)(C)C)C(C)=O. The van der Waals surface area contributed by atoms with Gasteiger partial charge >= 0.3 is 0 Å². The van der Waals surface area contributed by atoms with E-state index in [2.05, 4.69) is 24.7 Å². The average Bonchev–Trinajstić information content (AvgIpc) is 2.29. The van der Waals surface area contributed by atoms with E-state index < -0.39 is 8.24 Å². The molecule has 0 atom stereocenters. The van der Waals surface area contributed by atoms with Crippen LogP contribution < -0.4 is 4.67 Å². The van der Waals surface area contributed by atoms with Crippen LogP contribution in [0.25, 0.3) is 0 Å². The summed E-state index contributed by atoms with van der Waals surface area (Å²) < 4.78 is 2.05. The number of Topliss-reactive ketones (excluding diaryl/α,β-unsaturated/α-hetero) is 1. The van der Waals surface area contributed by atoms with E-state index in [0.29, 0.717) is 12.1 Å². The van der Waals surface area contributed by atoms with Crippen molar-refractivity contribution in [3.05, 3.63) is 30.3 Å². The zero-order valence-electron chi connectivity index (χ0n) is 11.9. The second-order valence-corrected chi connectivity index (χ2v) is 10.0. The topological polar surface area (TPSA) is 32.7 Å². The summed E-state index contributed by atoms with van der Waals surface area (Å²) in [5.41, 5.74) is 1.70. The van der Waals surface area contributed by atoms with Crippen LogP contribution in [0.15, 0.2) is 35.4 Å². The number of benzene rings is 1. The van der Waals surface area contributed by atoms with Gasteiger partial charge in [-0.3, -0.25) is 9.47 Å². The summed E-state index contributed by atoms with van der Waals surface area (Å²) in [6, 6.07) is 10.1. The van der Waals surface area contributed by atoms with Crippen LogP contribution in [-0.4, -0.2) is 19.7 Å². The lowest BCUT2D eigenvalue weighted by atomic mass is 10.2. The van der Waals surface area contributed by atoms with Crippen molar-refractivity contribution >= 4 is 25.4 Å². The molecule has 3 nitrogen and oxygen atoms in total. The van der Waals surface area contributed by atoms with Gasteiger partial charge in [0.05, 0.1) is 0 Å². The first kappa shape index (κ1) is 14.6. The first-order valence-corrected chi connectivity index (χ1v) is 9.74. The van der Waals surface area contributed by atoms with E-state index in [9.17, 15) is 4.79 Å². The quantitative estimate of drug-likeness (QED) is 0.460. The van der Waals surface area contributed by atoms with Gasteiger partial charge in [-0.15, -0.1) is 0 Å². The zero-order valence-corrected chi connectivity index (χ0v) is 12.9. The van der Waals surface area contributed by atoms with Gasteiger partial charge in [-0.05, 0) is 38.2 Å². The lowest BCUT2D eigenvalue weighted by Crippen LogP contribution is -2.43. The van der Waals surface area contributed by atoms with Gasteiger partial charge in [-0.2, -0.15) is 5.10 Å². The molecule has 0 fully saturated rings. The second-order valence-electron chi connectivity index (χ2n) is 5.27. The molecular formula is C14H22N2OSi. The van der Waals surface area contributed by atoms with Gasteiger partial charge in [-0.25, -0.2) is 0 Å². The normalized spacial score (nSPS) is 12.4. The van der Waals surface area contributed by atoms with Crippen LogP contribution in [0.4, 0.5) is 5.69 Å². The number of rotatable bonds is 5. The van der Waals surface area contributed by atoms with Gasteiger partial charge in [-0.1, -0.05) is 25.1 Å². The Morgan fingerprint density at radius 2 is 1.78 bits per heavy atom. The van der Waals surface area contributed by atoms with Crippen molar-refractivity contribution in [2.75, 3.05) is 4.67 Å². The van der Waals surface area contributed by atoms with Crippen molar-refractivity contribution in [1.82, 2.24) is 0 Å². The summed E-state index contributed by atoms with van der Waals surface area (Å²) in [5, 5.41) is 4.60. The van der Waals surface area contributed by atoms with Crippen molar-refractivity contribution < 1.29 is 4.79 Å². The molecule has 4 heteroatoms. The number of anilines is 1. The Balaban J connectivity index is 3.20. The zero-order chi connectivity index (χ0) is 13.8. The number of hydrogen-bond acceptors (Lipinski definition) is 3. The van der Waals surface area contributed by atoms with E-state index in [0.717, 1.165) is 5.69 Å². The van der Waals surface area contributed by atoms with Gasteiger partial charge in [0.15, 0.2) is 14.0 Å². The molecule has 0 spiro atoms. The van der Waals surface area contributed by atoms with Gasteiger partial charge < -0.3 is 0 Å². The molecule has 0 radical (unpaired) electrons. The maximum Gasteiger partial charge on any atom is 0.176 e. The molecule has 0 saturated heterocycles. The monoisotopic (exact) mass is 262 g/mol. The average molecular weight is 262 g/mol. The predicted octanol–water partition coefficient (Wildman–Crippen LogP) is 3.68. The van der Waals surface area contributed by atoms with Crippen LogP contribution in [0.1, 0.15) is 20.3 Å². The Morgan fingerprint density at radius 1 is 1.22 bits per heavy atom. The number of carbonyl (C=O) groups excluding carboxylic acids is 1. The number of nitrogens with zero attached hydrogens (tertiary/aromatic N) is 2. The Hall–Kier alpha value is -1.42. The Labute approximate surface area is 111 Å². The first-order valence-electron chi connectivity index (χ1n) is 6.30. The van der Waals surface area contributed by atoms with Crippen LogP contribution in [-0.2, 0) is 4.79 Å². The van der Waals surface area contributed by atoms with E-state index in [-0.39, 0.29) is 5.78 Å². The summed E-state index contributed by atoms with van der Waals surface area (Å²) in [4.78, 5) is 11.5. The van der Waals surface area contributed by atoms with Gasteiger partial charge in [0, 0.05) is 12.6 Å². The van der Waals surface area contributed by atoms with Crippen LogP contribution in [0.2, 0.25) is 19.6 Å². The minimum Gasteiger partial charge on any atom is -0.295 e. The Bertz CT molecular complexity index is 435. The summed E-state index contributed by atoms with van der Waals surface area (Å²) in [6.45, 7) is 10.2. The molecule has 98 valence electrons. The van der Waals surface area contributed by atoms with Crippen molar-refractivity contribution in [3.63, 3.8) is 0 Å². The highest BCUT2D eigenvalue weighted by Crippen LogP contribution is 2.22. The third-order valence-corrected chi connectivity index (χ3v) is 4.23. The highest BCUT2D eigenvalue weighted by molar-refractivity contribution is 6.79. The highest BCUT2D eigenvalue weighted by atomic mass is 28.3. The molecule has 1 aromatic carbocycles. The molecule has 1 aromatic rings.